The van der Waals surface area contributed by atoms with Gasteiger partial charge in [0.2, 0.25) is 0 Å². The number of nitrogens with two attached hydrogens (primary N) is 1. The van der Waals surface area contributed by atoms with Gasteiger partial charge in [0.1, 0.15) is 0 Å². The molecule has 0 saturated carbocycles. The smallest absolute Gasteiger partial charge is 0.255 e. The fourth-order valence-corrected chi connectivity index (χ4v) is 3.38. The highest BCUT2D eigenvalue weighted by Gasteiger charge is 2.13. The Balaban J connectivity index is 1.97. The molecule has 0 atom stereocenters. The minimum atomic E-state index is -0.541. The molecule has 0 aromatic heterocycles. The van der Waals surface area contributed by atoms with Crippen molar-refractivity contribution in [3.63, 3.8) is 0 Å². The van der Waals surface area contributed by atoms with Crippen LogP contribution in [0, 0.1) is 0 Å². The van der Waals surface area contributed by atoms with Crippen LogP contribution in [0.1, 0.15) is 18.1 Å². The number of carbonyl (C=O) groups excluding carboxylic acids is 1. The van der Waals surface area contributed by atoms with E-state index in [0.29, 0.717) is 29.1 Å². The fourth-order valence-electron chi connectivity index (χ4n) is 2.77. The third-order valence-electron chi connectivity index (χ3n) is 4.10. The van der Waals surface area contributed by atoms with Gasteiger partial charge in [-0.25, -0.2) is 0 Å². The van der Waals surface area contributed by atoms with E-state index in [0.717, 1.165) is 35.6 Å². The Hall–Kier alpha value is -2.45. The lowest BCUT2D eigenvalue weighted by molar-refractivity contribution is -0.119. The number of hydrogen-bond acceptors (Lipinski definition) is 6. The zero-order valence-electron chi connectivity index (χ0n) is 16.9. The maximum absolute atomic E-state index is 11.0. The van der Waals surface area contributed by atoms with Crippen LogP contribution in [0.15, 0.2) is 34.8 Å². The van der Waals surface area contributed by atoms with Crippen LogP contribution in [0.3, 0.4) is 0 Å². The number of halogens is 1. The quantitative estimate of drug-likeness (QED) is 0.467. The normalized spacial score (nSPS) is 10.5. The summed E-state index contributed by atoms with van der Waals surface area (Å²) in [5.41, 5.74) is 7.34. The second-order valence-electron chi connectivity index (χ2n) is 6.21. The highest BCUT2D eigenvalue weighted by Crippen LogP contribution is 2.37. The number of methoxy groups -OCH3 is 2. The van der Waals surface area contributed by atoms with Gasteiger partial charge in [-0.1, -0.05) is 6.07 Å². The topological polar surface area (TPSA) is 92.0 Å². The summed E-state index contributed by atoms with van der Waals surface area (Å²) in [6, 6.07) is 9.74. The van der Waals surface area contributed by atoms with E-state index in [9.17, 15) is 4.79 Å². The average Bonchev–Trinajstić information content (AvgIpc) is 2.70. The Kier molecular flexibility index (Phi) is 9.08. The van der Waals surface area contributed by atoms with Crippen molar-refractivity contribution in [1.29, 1.82) is 0 Å². The zero-order valence-corrected chi connectivity index (χ0v) is 18.5. The van der Waals surface area contributed by atoms with Gasteiger partial charge in [0, 0.05) is 6.54 Å². The van der Waals surface area contributed by atoms with Crippen molar-refractivity contribution in [2.45, 2.75) is 19.9 Å². The van der Waals surface area contributed by atoms with Gasteiger partial charge in [-0.3, -0.25) is 4.79 Å². The maximum Gasteiger partial charge on any atom is 0.255 e. The molecule has 1 amide bonds. The maximum atomic E-state index is 11.0. The third kappa shape index (κ3) is 6.83. The molecule has 8 heteroatoms. The van der Waals surface area contributed by atoms with E-state index in [-0.39, 0.29) is 6.61 Å². The van der Waals surface area contributed by atoms with E-state index in [2.05, 4.69) is 21.2 Å². The van der Waals surface area contributed by atoms with Crippen molar-refractivity contribution in [3.8, 4) is 23.0 Å². The van der Waals surface area contributed by atoms with Gasteiger partial charge >= 0.3 is 0 Å². The van der Waals surface area contributed by atoms with Crippen LogP contribution in [0.4, 0.5) is 0 Å². The Bertz CT molecular complexity index is 829. The molecule has 0 saturated heterocycles. The lowest BCUT2D eigenvalue weighted by Gasteiger charge is -2.15. The number of hydrogen-bond donors (Lipinski definition) is 2. The highest BCUT2D eigenvalue weighted by atomic mass is 79.9. The number of amides is 1. The predicted molar refractivity (Wildman–Crippen MR) is 115 cm³/mol. The largest absolute Gasteiger partial charge is 0.493 e. The van der Waals surface area contributed by atoms with Gasteiger partial charge in [0.15, 0.2) is 29.6 Å². The lowest BCUT2D eigenvalue weighted by Crippen LogP contribution is -2.20. The van der Waals surface area contributed by atoms with Gasteiger partial charge in [0.25, 0.3) is 5.91 Å². The summed E-state index contributed by atoms with van der Waals surface area (Å²) < 4.78 is 22.4. The monoisotopic (exact) mass is 466 g/mol. The molecule has 0 radical (unpaired) electrons. The molecule has 7 nitrogen and oxygen atoms in total. The first-order valence-electron chi connectivity index (χ1n) is 9.26. The van der Waals surface area contributed by atoms with E-state index < -0.39 is 5.91 Å². The predicted octanol–water partition coefficient (Wildman–Crippen LogP) is 3.06. The molecule has 0 spiro atoms. The van der Waals surface area contributed by atoms with E-state index in [1.54, 1.807) is 14.2 Å². The van der Waals surface area contributed by atoms with Gasteiger partial charge < -0.3 is 30.0 Å². The van der Waals surface area contributed by atoms with E-state index in [4.69, 9.17) is 24.7 Å². The Labute approximate surface area is 179 Å². The van der Waals surface area contributed by atoms with Crippen LogP contribution in [0.2, 0.25) is 0 Å². The second kappa shape index (κ2) is 11.5. The molecule has 2 aromatic rings. The van der Waals surface area contributed by atoms with Crippen molar-refractivity contribution in [3.05, 3.63) is 45.9 Å². The summed E-state index contributed by atoms with van der Waals surface area (Å²) in [7, 11) is 3.25. The molecular formula is C21H27BrN2O5. The van der Waals surface area contributed by atoms with Gasteiger partial charge in [-0.2, -0.15) is 0 Å². The molecule has 0 fully saturated rings. The lowest BCUT2D eigenvalue weighted by atomic mass is 10.1. The first-order chi connectivity index (χ1) is 14.0. The summed E-state index contributed by atoms with van der Waals surface area (Å²) in [5.74, 6) is 1.94. The van der Waals surface area contributed by atoms with Crippen molar-refractivity contribution >= 4 is 21.8 Å². The molecule has 0 bridgehead atoms. The van der Waals surface area contributed by atoms with Crippen molar-refractivity contribution in [2.24, 2.45) is 5.73 Å². The van der Waals surface area contributed by atoms with Crippen LogP contribution in [0.5, 0.6) is 23.0 Å². The minimum Gasteiger partial charge on any atom is -0.493 e. The summed E-state index contributed by atoms with van der Waals surface area (Å²) >= 11 is 3.48. The minimum absolute atomic E-state index is 0.207. The molecule has 3 N–H and O–H groups in total. The van der Waals surface area contributed by atoms with Crippen LogP contribution in [0.25, 0.3) is 0 Å². The molecule has 0 unspecified atom stereocenters. The van der Waals surface area contributed by atoms with Gasteiger partial charge in [0.05, 0.1) is 25.3 Å². The summed E-state index contributed by atoms with van der Waals surface area (Å²) in [6.45, 7) is 3.61. The fraction of sp³-hybridized carbons (Fsp3) is 0.381. The summed E-state index contributed by atoms with van der Waals surface area (Å²) in [6.07, 6.45) is 0.847. The number of ether oxygens (including phenoxy) is 4. The Morgan fingerprint density at radius 3 is 2.41 bits per heavy atom. The number of primary amides is 1. The molecule has 158 valence electrons. The zero-order chi connectivity index (χ0) is 21.2. The van der Waals surface area contributed by atoms with E-state index >= 15 is 0 Å². The van der Waals surface area contributed by atoms with E-state index in [1.165, 1.54) is 0 Å². The first kappa shape index (κ1) is 22.8. The van der Waals surface area contributed by atoms with Crippen LogP contribution < -0.4 is 30.0 Å². The van der Waals surface area contributed by atoms with Crippen molar-refractivity contribution in [2.75, 3.05) is 34.0 Å². The first-order valence-corrected chi connectivity index (χ1v) is 10.1. The standard InChI is InChI=1S/C21H27BrN2O5/c1-4-28-19-11-15(9-16(22)21(19)29-13-20(23)25)12-24-8-7-14-5-6-17(26-2)18(10-14)27-3/h5-6,9-11,24H,4,7-8,12-13H2,1-3H3,(H2,23,25). The number of nitrogens with one attached hydrogen (secondary N) is 1. The molecule has 2 aromatic carbocycles. The molecule has 29 heavy (non-hydrogen) atoms. The van der Waals surface area contributed by atoms with E-state index in [1.807, 2.05) is 37.3 Å². The SMILES string of the molecule is CCOc1cc(CNCCc2ccc(OC)c(OC)c2)cc(Br)c1OCC(N)=O. The number of carbonyl (C=O) groups is 1. The molecule has 2 rings (SSSR count). The number of benzene rings is 2. The van der Waals surface area contributed by atoms with Crippen LogP contribution >= 0.6 is 15.9 Å². The Morgan fingerprint density at radius 2 is 1.76 bits per heavy atom. The molecular weight excluding hydrogens is 440 g/mol. The van der Waals surface area contributed by atoms with Crippen molar-refractivity contribution < 1.29 is 23.7 Å². The average molecular weight is 467 g/mol. The highest BCUT2D eigenvalue weighted by molar-refractivity contribution is 9.10. The van der Waals surface area contributed by atoms with Crippen LogP contribution in [-0.4, -0.2) is 39.9 Å². The molecule has 0 aliphatic heterocycles. The number of rotatable bonds is 12. The van der Waals surface area contributed by atoms with Gasteiger partial charge in [-0.05, 0) is 71.2 Å². The Morgan fingerprint density at radius 1 is 1.03 bits per heavy atom. The third-order valence-corrected chi connectivity index (χ3v) is 4.68. The van der Waals surface area contributed by atoms with Gasteiger partial charge in [-0.15, -0.1) is 0 Å². The van der Waals surface area contributed by atoms with Crippen molar-refractivity contribution in [1.82, 2.24) is 5.32 Å². The summed E-state index contributed by atoms with van der Waals surface area (Å²) in [4.78, 5) is 11.0. The molecule has 0 aliphatic carbocycles. The van der Waals surface area contributed by atoms with Crippen LogP contribution in [-0.2, 0) is 17.8 Å². The second-order valence-corrected chi connectivity index (χ2v) is 7.06. The molecule has 0 aliphatic rings. The molecule has 0 heterocycles. The summed E-state index contributed by atoms with van der Waals surface area (Å²) in [5, 5.41) is 3.42.